The number of nitrogens with zero attached hydrogens (tertiary/aromatic N) is 4. The van der Waals surface area contributed by atoms with E-state index in [2.05, 4.69) is 39.3 Å². The number of hydrogen-bond donors (Lipinski definition) is 3. The number of amides is 1. The van der Waals surface area contributed by atoms with Crippen molar-refractivity contribution in [3.05, 3.63) is 47.5 Å². The molecule has 0 saturated carbocycles. The van der Waals surface area contributed by atoms with E-state index in [1.165, 1.54) is 11.8 Å². The first-order valence-electron chi connectivity index (χ1n) is 14.3. The smallest absolute Gasteiger partial charge is 0.227 e. The second kappa shape index (κ2) is 11.0. The van der Waals surface area contributed by atoms with Crippen molar-refractivity contribution in [3.8, 4) is 11.3 Å². The average molecular weight is 549 g/mol. The van der Waals surface area contributed by atoms with Crippen LogP contribution in [-0.4, -0.2) is 75.9 Å². The zero-order valence-electron chi connectivity index (χ0n) is 23.1. The molecule has 0 unspecified atom stereocenters. The Morgan fingerprint density at radius 3 is 2.92 bits per heavy atom. The topological polar surface area (TPSA) is 113 Å². The van der Waals surface area contributed by atoms with Crippen LogP contribution in [0.5, 0.6) is 0 Å². The fourth-order valence-corrected chi connectivity index (χ4v) is 6.61. The molecule has 5 heterocycles. The molecule has 0 aliphatic carbocycles. The highest BCUT2D eigenvalue weighted by molar-refractivity contribution is 5.88. The summed E-state index contributed by atoms with van der Waals surface area (Å²) in [4.78, 5) is 28.4. The second-order valence-corrected chi connectivity index (χ2v) is 11.8. The summed E-state index contributed by atoms with van der Waals surface area (Å²) in [5.41, 5.74) is 3.73. The Balaban J connectivity index is 1.32. The van der Waals surface area contributed by atoms with E-state index in [1.54, 1.807) is 0 Å². The number of piperidine rings is 1. The molecular weight excluding hydrogens is 511 g/mol. The van der Waals surface area contributed by atoms with Gasteiger partial charge in [-0.1, -0.05) is 19.9 Å². The van der Waals surface area contributed by atoms with Gasteiger partial charge in [0.1, 0.15) is 5.69 Å². The Hall–Kier alpha value is -3.21. The van der Waals surface area contributed by atoms with Gasteiger partial charge < -0.3 is 20.5 Å². The van der Waals surface area contributed by atoms with Gasteiger partial charge >= 0.3 is 0 Å². The summed E-state index contributed by atoms with van der Waals surface area (Å²) >= 11 is 0. The molecule has 9 nitrogen and oxygen atoms in total. The quantitative estimate of drug-likeness (QED) is 0.428. The van der Waals surface area contributed by atoms with Gasteiger partial charge in [-0.2, -0.15) is 0 Å². The number of benzene rings is 1. The minimum Gasteiger partial charge on any atom is -0.389 e. The zero-order valence-corrected chi connectivity index (χ0v) is 23.1. The van der Waals surface area contributed by atoms with Crippen molar-refractivity contribution in [1.29, 1.82) is 0 Å². The summed E-state index contributed by atoms with van der Waals surface area (Å²) in [7, 11) is 0. The average Bonchev–Trinajstić information content (AvgIpc) is 3.28. The van der Waals surface area contributed by atoms with Crippen LogP contribution in [-0.2, 0) is 16.1 Å². The van der Waals surface area contributed by atoms with Crippen LogP contribution < -0.4 is 10.6 Å². The second-order valence-electron chi connectivity index (χ2n) is 11.8. The van der Waals surface area contributed by atoms with Gasteiger partial charge in [-0.25, -0.2) is 14.4 Å². The summed E-state index contributed by atoms with van der Waals surface area (Å²) in [6.07, 6.45) is 5.91. The van der Waals surface area contributed by atoms with Crippen molar-refractivity contribution in [2.24, 2.45) is 5.41 Å². The number of fused-ring (bicyclic) bond motifs is 1. The molecule has 0 bridgehead atoms. The molecule has 3 atom stereocenters. The molecule has 3 aliphatic rings. The van der Waals surface area contributed by atoms with Crippen molar-refractivity contribution < 1.29 is 19.0 Å². The molecule has 40 heavy (non-hydrogen) atoms. The number of nitrogens with one attached hydrogen (secondary N) is 2. The molecule has 1 amide bonds. The molecule has 6 rings (SSSR count). The Bertz CT molecular complexity index is 1420. The summed E-state index contributed by atoms with van der Waals surface area (Å²) < 4.78 is 20.4. The third-order valence-corrected chi connectivity index (χ3v) is 8.65. The van der Waals surface area contributed by atoms with Crippen molar-refractivity contribution in [3.63, 3.8) is 0 Å². The monoisotopic (exact) mass is 548 g/mol. The SMILES string of the molecule is CC(C)c1c(CN2CCC[C@]3(CCNC3=O)C2)cnc2ccc(-c3nc(N[C@@H]4CCOC[C@H]4O)ncc3F)cc12. The first kappa shape index (κ1) is 27.0. The van der Waals surface area contributed by atoms with Gasteiger partial charge in [0.25, 0.3) is 0 Å². The molecule has 3 fully saturated rings. The Labute approximate surface area is 233 Å². The fourth-order valence-electron chi connectivity index (χ4n) is 6.61. The van der Waals surface area contributed by atoms with Crippen LogP contribution in [0.1, 0.15) is 56.6 Å². The summed E-state index contributed by atoms with van der Waals surface area (Å²) in [6, 6.07) is 5.47. The number of halogens is 1. The number of carbonyl (C=O) groups excluding carboxylic acids is 1. The Morgan fingerprint density at radius 1 is 1.27 bits per heavy atom. The maximum Gasteiger partial charge on any atom is 0.227 e. The third kappa shape index (κ3) is 5.15. The van der Waals surface area contributed by atoms with Crippen LogP contribution in [0.3, 0.4) is 0 Å². The molecule has 1 aromatic carbocycles. The van der Waals surface area contributed by atoms with E-state index >= 15 is 4.39 Å². The number of aliphatic hydroxyl groups is 1. The number of pyridine rings is 1. The van der Waals surface area contributed by atoms with E-state index < -0.39 is 11.9 Å². The fraction of sp³-hybridized carbons (Fsp3) is 0.533. The van der Waals surface area contributed by atoms with E-state index in [0.717, 1.165) is 61.9 Å². The lowest BCUT2D eigenvalue weighted by molar-refractivity contribution is -0.130. The van der Waals surface area contributed by atoms with Crippen molar-refractivity contribution in [1.82, 2.24) is 25.2 Å². The molecule has 3 N–H and O–H groups in total. The van der Waals surface area contributed by atoms with E-state index in [4.69, 9.17) is 9.72 Å². The summed E-state index contributed by atoms with van der Waals surface area (Å²) in [5.74, 6) is 0.163. The third-order valence-electron chi connectivity index (χ3n) is 8.65. The predicted octanol–water partition coefficient (Wildman–Crippen LogP) is 3.62. The van der Waals surface area contributed by atoms with Crippen LogP contribution in [0.4, 0.5) is 10.3 Å². The summed E-state index contributed by atoms with van der Waals surface area (Å²) in [5, 5.41) is 17.4. The van der Waals surface area contributed by atoms with Gasteiger partial charge in [0, 0.05) is 43.4 Å². The first-order chi connectivity index (χ1) is 19.3. The van der Waals surface area contributed by atoms with E-state index in [1.807, 2.05) is 24.4 Å². The number of ether oxygens (including phenoxy) is 1. The van der Waals surface area contributed by atoms with Gasteiger partial charge in [-0.05, 0) is 61.4 Å². The van der Waals surface area contributed by atoms with Crippen LogP contribution >= 0.6 is 0 Å². The van der Waals surface area contributed by atoms with Gasteiger partial charge in [0.05, 0.1) is 35.9 Å². The number of rotatable bonds is 6. The number of hydrogen-bond acceptors (Lipinski definition) is 8. The summed E-state index contributed by atoms with van der Waals surface area (Å²) in [6.45, 7) is 8.31. The van der Waals surface area contributed by atoms with E-state index in [9.17, 15) is 9.90 Å². The molecule has 2 aromatic heterocycles. The van der Waals surface area contributed by atoms with E-state index in [-0.39, 0.29) is 41.5 Å². The van der Waals surface area contributed by atoms with Crippen molar-refractivity contribution >= 4 is 22.8 Å². The van der Waals surface area contributed by atoms with Gasteiger partial charge in [0.2, 0.25) is 11.9 Å². The standard InChI is InChI=1S/C30H37FN6O3/c1-18(2)26-20(15-37-10-3-7-30(17-37)8-9-32-28(30)39)13-33-23-5-4-19(12-21(23)26)27-22(31)14-34-29(36-27)35-24-6-11-40-16-25(24)38/h4-5,12-14,18,24-25,38H,3,6-11,15-17H2,1-2H3,(H,32,39)(H,34,35,36)/t24-,25-,30+/m1/s1. The number of aromatic nitrogens is 3. The predicted molar refractivity (Wildman–Crippen MR) is 150 cm³/mol. The first-order valence-corrected chi connectivity index (χ1v) is 14.3. The highest BCUT2D eigenvalue weighted by Gasteiger charge is 2.45. The van der Waals surface area contributed by atoms with Crippen LogP contribution in [0.2, 0.25) is 0 Å². The van der Waals surface area contributed by atoms with E-state index in [0.29, 0.717) is 18.6 Å². The number of aliphatic hydroxyl groups excluding tert-OH is 1. The van der Waals surface area contributed by atoms with Gasteiger partial charge in [0.15, 0.2) is 5.82 Å². The maximum absolute atomic E-state index is 15.1. The molecule has 212 valence electrons. The molecular formula is C30H37FN6O3. The number of likely N-dealkylation sites (tertiary alicyclic amines) is 1. The van der Waals surface area contributed by atoms with Crippen molar-refractivity contribution in [2.45, 2.75) is 64.1 Å². The normalized spacial score (nSPS) is 25.6. The van der Waals surface area contributed by atoms with Crippen LogP contribution in [0.25, 0.3) is 22.2 Å². The minimum atomic E-state index is -0.678. The van der Waals surface area contributed by atoms with Crippen molar-refractivity contribution in [2.75, 3.05) is 38.2 Å². The molecule has 0 radical (unpaired) electrons. The molecule has 3 aliphatic heterocycles. The number of anilines is 1. The van der Waals surface area contributed by atoms with Gasteiger partial charge in [-0.15, -0.1) is 0 Å². The molecule has 1 spiro atoms. The maximum atomic E-state index is 15.1. The Kier molecular flexibility index (Phi) is 7.41. The van der Waals surface area contributed by atoms with Crippen LogP contribution in [0.15, 0.2) is 30.6 Å². The number of carbonyl (C=O) groups is 1. The lowest BCUT2D eigenvalue weighted by Gasteiger charge is -2.38. The molecule has 3 aromatic rings. The molecule has 10 heteroatoms. The lowest BCUT2D eigenvalue weighted by Crippen LogP contribution is -2.46. The molecule has 3 saturated heterocycles. The zero-order chi connectivity index (χ0) is 27.9. The van der Waals surface area contributed by atoms with Gasteiger partial charge in [-0.3, -0.25) is 14.7 Å². The largest absolute Gasteiger partial charge is 0.389 e. The highest BCUT2D eigenvalue weighted by atomic mass is 19.1. The minimum absolute atomic E-state index is 0.189. The van der Waals surface area contributed by atoms with Crippen LogP contribution in [0, 0.1) is 11.2 Å². The highest BCUT2D eigenvalue weighted by Crippen LogP contribution is 2.38. The Morgan fingerprint density at radius 2 is 2.15 bits per heavy atom. The lowest BCUT2D eigenvalue weighted by atomic mass is 9.78.